The minimum Gasteiger partial charge on any atom is -0.481 e. The van der Waals surface area contributed by atoms with Gasteiger partial charge in [0.25, 0.3) is 0 Å². The number of carbonyl (C=O) groups excluding carboxylic acids is 2. The molecule has 4 fully saturated rings. The molecule has 1 unspecified atom stereocenters. The predicted molar refractivity (Wildman–Crippen MR) is 176 cm³/mol. The van der Waals surface area contributed by atoms with E-state index in [2.05, 4.69) is 41.5 Å². The molecule has 0 aromatic carbocycles. The van der Waals surface area contributed by atoms with Gasteiger partial charge in [-0.25, -0.2) is 0 Å². The van der Waals surface area contributed by atoms with Crippen LogP contribution in [0.3, 0.4) is 0 Å². The first-order valence-electron chi connectivity index (χ1n) is 17.8. The zero-order valence-corrected chi connectivity index (χ0v) is 29.5. The number of carboxylic acid groups (broad SMARTS) is 1. The summed E-state index contributed by atoms with van der Waals surface area (Å²) >= 11 is 0. The minimum absolute atomic E-state index is 0.0262. The van der Waals surface area contributed by atoms with E-state index in [-0.39, 0.29) is 35.5 Å². The van der Waals surface area contributed by atoms with E-state index >= 15 is 0 Å². The Morgan fingerprint density at radius 3 is 2.41 bits per heavy atom. The van der Waals surface area contributed by atoms with Gasteiger partial charge in [-0.3, -0.25) is 14.4 Å². The molecule has 0 radical (unpaired) electrons. The second-order valence-corrected chi connectivity index (χ2v) is 17.0. The van der Waals surface area contributed by atoms with Crippen molar-refractivity contribution in [1.29, 1.82) is 0 Å². The Morgan fingerprint density at radius 1 is 1.11 bits per heavy atom. The maximum Gasteiger partial charge on any atom is 0.308 e. The van der Waals surface area contributed by atoms with E-state index < -0.39 is 51.2 Å². The molecule has 12 atom stereocenters. The zero-order valence-electron chi connectivity index (χ0n) is 29.5. The highest BCUT2D eigenvalue weighted by Crippen LogP contribution is 2.74. The molecule has 9 heteroatoms. The van der Waals surface area contributed by atoms with Crippen molar-refractivity contribution < 1.29 is 33.7 Å². The third kappa shape index (κ3) is 5.04. The van der Waals surface area contributed by atoms with Crippen LogP contribution in [-0.2, 0) is 28.6 Å². The van der Waals surface area contributed by atoms with Gasteiger partial charge in [0.05, 0.1) is 25.7 Å². The molecular formula is C37H60N2O7. The molecule has 260 valence electrons. The lowest BCUT2D eigenvalue weighted by Gasteiger charge is -2.70. The van der Waals surface area contributed by atoms with Gasteiger partial charge in [0.1, 0.15) is 12.2 Å². The number of hydrogen-bond donors (Lipinski definition) is 3. The van der Waals surface area contributed by atoms with Gasteiger partial charge in [-0.1, -0.05) is 54.0 Å². The second-order valence-electron chi connectivity index (χ2n) is 17.0. The molecule has 9 nitrogen and oxygen atoms in total. The van der Waals surface area contributed by atoms with Crippen LogP contribution < -0.4 is 11.5 Å². The van der Waals surface area contributed by atoms with E-state index in [0.29, 0.717) is 38.7 Å². The molecule has 5 rings (SSSR count). The summed E-state index contributed by atoms with van der Waals surface area (Å²) < 4.78 is 19.1. The second kappa shape index (κ2) is 12.3. The van der Waals surface area contributed by atoms with E-state index in [1.807, 2.05) is 13.0 Å². The van der Waals surface area contributed by atoms with Crippen molar-refractivity contribution in [2.75, 3.05) is 26.4 Å². The molecule has 0 amide bonds. The molecule has 4 aliphatic carbocycles. The summed E-state index contributed by atoms with van der Waals surface area (Å²) in [6.45, 7) is 18.2. The number of nitrogens with two attached hydrogens (primary N) is 2. The molecule has 5 N–H and O–H groups in total. The van der Waals surface area contributed by atoms with Crippen LogP contribution in [0.15, 0.2) is 11.6 Å². The number of rotatable bonds is 10. The fourth-order valence-corrected chi connectivity index (χ4v) is 11.7. The molecule has 1 heterocycles. The van der Waals surface area contributed by atoms with Crippen LogP contribution in [0.4, 0.5) is 0 Å². The highest BCUT2D eigenvalue weighted by atomic mass is 16.6. The Kier molecular flexibility index (Phi) is 9.46. The summed E-state index contributed by atoms with van der Waals surface area (Å²) in [6.07, 6.45) is 6.31. The number of ketones is 1. The molecule has 3 saturated carbocycles. The standard InChI is InChI=1S/C37H60N2O7/c1-21(2)22(3)33(5)13-14-35(7)25-11-12-28-34(6)19-44-20-37(28,26(25)16-29(41)36(35,8)30(33)32(42)43)17-27(46-23(4)40)31(34)45-18-24(39)10-9-15-38/h16,21-22,24-25,27-28,30-31H,9-15,17-20,38-39H2,1-8H3,(H,42,43)/t22-,24?,25+,27-,28+,30-,31+,33-,34-,35-,36+,37+/m1/s1. The zero-order chi connectivity index (χ0) is 34.0. The lowest BCUT2D eigenvalue weighted by atomic mass is 9.34. The Balaban J connectivity index is 1.58. The predicted octanol–water partition coefficient (Wildman–Crippen LogP) is 5.14. The molecule has 0 aromatic rings. The van der Waals surface area contributed by atoms with E-state index in [9.17, 15) is 19.5 Å². The lowest BCUT2D eigenvalue weighted by molar-refractivity contribution is -0.266. The van der Waals surface area contributed by atoms with Crippen molar-refractivity contribution in [3.8, 4) is 0 Å². The number of allylic oxidation sites excluding steroid dienone is 1. The third-order valence-electron chi connectivity index (χ3n) is 14.5. The fourth-order valence-electron chi connectivity index (χ4n) is 11.7. The van der Waals surface area contributed by atoms with Crippen molar-refractivity contribution in [3.05, 3.63) is 11.6 Å². The monoisotopic (exact) mass is 644 g/mol. The summed E-state index contributed by atoms with van der Waals surface area (Å²) in [6, 6.07) is -0.175. The number of hydrogen-bond acceptors (Lipinski definition) is 8. The maximum atomic E-state index is 14.8. The van der Waals surface area contributed by atoms with Crippen LogP contribution >= 0.6 is 0 Å². The molecule has 1 aliphatic heterocycles. The average molecular weight is 645 g/mol. The SMILES string of the molecule is CC(=O)O[C@@H]1C[C@@]23COC[C@](C)([C@@H]2CC[C@H]2C3=CC(=O)[C@@]3(C)[C@H](C(=O)O)[C@@](C)([C@H](C)C(C)C)CC[C@]23C)[C@H]1OCC(N)CCCN. The first-order valence-corrected chi connectivity index (χ1v) is 17.8. The molecule has 0 aromatic heterocycles. The van der Waals surface area contributed by atoms with Crippen molar-refractivity contribution >= 4 is 17.7 Å². The number of aliphatic carboxylic acids is 1. The molecule has 0 spiro atoms. The van der Waals surface area contributed by atoms with Crippen LogP contribution in [0.1, 0.15) is 100 Å². The van der Waals surface area contributed by atoms with Gasteiger partial charge in [0, 0.05) is 29.2 Å². The van der Waals surface area contributed by atoms with Crippen molar-refractivity contribution in [2.45, 2.75) is 119 Å². The van der Waals surface area contributed by atoms with Crippen molar-refractivity contribution in [3.63, 3.8) is 0 Å². The molecule has 1 saturated heterocycles. The fraction of sp³-hybridized carbons (Fsp3) is 0.865. The van der Waals surface area contributed by atoms with Gasteiger partial charge < -0.3 is 30.8 Å². The highest BCUT2D eigenvalue weighted by Gasteiger charge is 2.74. The molecule has 5 aliphatic rings. The Bertz CT molecular complexity index is 1250. The quantitative estimate of drug-likeness (QED) is 0.275. The number of carboxylic acids is 1. The van der Waals surface area contributed by atoms with Crippen LogP contribution in [-0.4, -0.2) is 67.4 Å². The minimum atomic E-state index is -1.05. The van der Waals surface area contributed by atoms with E-state index in [4.69, 9.17) is 25.7 Å². The third-order valence-corrected chi connectivity index (χ3v) is 14.5. The van der Waals surface area contributed by atoms with Gasteiger partial charge in [0.15, 0.2) is 5.78 Å². The number of ether oxygens (including phenoxy) is 3. The number of carbonyl (C=O) groups is 3. The average Bonchev–Trinajstić information content (AvgIpc) is 2.96. The largest absolute Gasteiger partial charge is 0.481 e. The van der Waals surface area contributed by atoms with Gasteiger partial charge in [-0.15, -0.1) is 0 Å². The smallest absolute Gasteiger partial charge is 0.308 e. The normalized spacial score (nSPS) is 44.7. The molecule has 2 bridgehead atoms. The summed E-state index contributed by atoms with van der Waals surface area (Å²) in [5.41, 5.74) is 10.1. The van der Waals surface area contributed by atoms with Gasteiger partial charge in [-0.2, -0.15) is 0 Å². The van der Waals surface area contributed by atoms with Crippen molar-refractivity contribution in [1.82, 2.24) is 0 Å². The van der Waals surface area contributed by atoms with Crippen LogP contribution in [0.2, 0.25) is 0 Å². The Morgan fingerprint density at radius 2 is 1.80 bits per heavy atom. The molecular weight excluding hydrogens is 584 g/mol. The van der Waals surface area contributed by atoms with E-state index in [1.165, 1.54) is 6.92 Å². The van der Waals surface area contributed by atoms with Crippen LogP contribution in [0, 0.1) is 56.7 Å². The first kappa shape index (κ1) is 35.5. The first-order chi connectivity index (χ1) is 21.4. The Labute approximate surface area is 275 Å². The van der Waals surface area contributed by atoms with Crippen molar-refractivity contribution in [2.24, 2.45) is 68.1 Å². The summed E-state index contributed by atoms with van der Waals surface area (Å²) in [5, 5.41) is 10.9. The summed E-state index contributed by atoms with van der Waals surface area (Å²) in [5.74, 6) is -1.50. The number of fused-ring (bicyclic) bond motifs is 3. The van der Waals surface area contributed by atoms with Gasteiger partial charge >= 0.3 is 11.9 Å². The summed E-state index contributed by atoms with van der Waals surface area (Å²) in [4.78, 5) is 40.6. The van der Waals surface area contributed by atoms with E-state index in [1.54, 1.807) is 0 Å². The summed E-state index contributed by atoms with van der Waals surface area (Å²) in [7, 11) is 0. The van der Waals surface area contributed by atoms with Crippen LogP contribution in [0.5, 0.6) is 0 Å². The highest BCUT2D eigenvalue weighted by molar-refractivity contribution is 6.00. The van der Waals surface area contributed by atoms with Crippen LogP contribution in [0.25, 0.3) is 0 Å². The Hall–Kier alpha value is -1.81. The molecule has 46 heavy (non-hydrogen) atoms. The topological polar surface area (TPSA) is 151 Å². The van der Waals surface area contributed by atoms with Gasteiger partial charge in [-0.05, 0) is 92.1 Å². The number of esters is 1. The maximum absolute atomic E-state index is 14.8. The van der Waals surface area contributed by atoms with E-state index in [0.717, 1.165) is 44.1 Å². The lowest BCUT2D eigenvalue weighted by Crippen LogP contribution is -2.71. The van der Waals surface area contributed by atoms with Gasteiger partial charge in [0.2, 0.25) is 0 Å².